The van der Waals surface area contributed by atoms with E-state index in [1.54, 1.807) is 0 Å². The molecule has 1 heterocycles. The van der Waals surface area contributed by atoms with Crippen LogP contribution in [0, 0.1) is 13.8 Å². The number of rotatable bonds is 5. The Morgan fingerprint density at radius 3 is 2.58 bits per heavy atom. The number of anilines is 1. The van der Waals surface area contributed by atoms with Crippen LogP contribution in [0.2, 0.25) is 0 Å². The Kier molecular flexibility index (Phi) is 4.71. The zero-order chi connectivity index (χ0) is 17.1. The Morgan fingerprint density at radius 2 is 1.83 bits per heavy atom. The summed E-state index contributed by atoms with van der Waals surface area (Å²) < 4.78 is 10.7. The third kappa shape index (κ3) is 3.68. The molecular formula is C19H23N2O3+. The Bertz CT molecular complexity index is 738. The molecule has 2 aromatic carbocycles. The Hall–Kier alpha value is -2.53. The Balaban J connectivity index is 1.58. The van der Waals surface area contributed by atoms with E-state index in [9.17, 15) is 4.79 Å². The summed E-state index contributed by atoms with van der Waals surface area (Å²) in [6, 6.07) is 11.9. The monoisotopic (exact) mass is 327 g/mol. The van der Waals surface area contributed by atoms with Gasteiger partial charge in [-0.15, -0.1) is 0 Å². The molecule has 0 saturated carbocycles. The second-order valence-corrected chi connectivity index (χ2v) is 6.31. The number of hydrogen-bond donors (Lipinski definition) is 2. The highest BCUT2D eigenvalue weighted by Gasteiger charge is 2.16. The van der Waals surface area contributed by atoms with E-state index in [-0.39, 0.29) is 12.7 Å². The topological polar surface area (TPSA) is 52.0 Å². The summed E-state index contributed by atoms with van der Waals surface area (Å²) in [6.07, 6.45) is 0. The van der Waals surface area contributed by atoms with Crippen molar-refractivity contribution in [2.45, 2.75) is 20.4 Å². The number of aryl methyl sites for hydroxylation is 2. The van der Waals surface area contributed by atoms with Gasteiger partial charge in [-0.05, 0) is 43.2 Å². The van der Waals surface area contributed by atoms with E-state index in [1.807, 2.05) is 57.3 Å². The summed E-state index contributed by atoms with van der Waals surface area (Å²) in [7, 11) is 2.01. The number of carbonyl (C=O) groups is 1. The van der Waals surface area contributed by atoms with Crippen LogP contribution < -0.4 is 19.7 Å². The zero-order valence-electron chi connectivity index (χ0n) is 14.3. The van der Waals surface area contributed by atoms with Gasteiger partial charge >= 0.3 is 0 Å². The van der Waals surface area contributed by atoms with E-state index in [0.717, 1.165) is 45.3 Å². The van der Waals surface area contributed by atoms with Crippen molar-refractivity contribution in [1.82, 2.24) is 0 Å². The van der Waals surface area contributed by atoms with Gasteiger partial charge in [-0.3, -0.25) is 4.79 Å². The lowest BCUT2D eigenvalue weighted by Gasteiger charge is -2.16. The third-order valence-corrected chi connectivity index (χ3v) is 4.15. The molecule has 5 heteroatoms. The van der Waals surface area contributed by atoms with Crippen LogP contribution in [0.5, 0.6) is 11.5 Å². The molecule has 1 atom stereocenters. The lowest BCUT2D eigenvalue weighted by atomic mass is 10.1. The van der Waals surface area contributed by atoms with E-state index in [4.69, 9.17) is 9.47 Å². The molecule has 0 radical (unpaired) electrons. The van der Waals surface area contributed by atoms with Crippen LogP contribution >= 0.6 is 0 Å². The van der Waals surface area contributed by atoms with Crippen molar-refractivity contribution in [3.63, 3.8) is 0 Å². The molecule has 0 bridgehead atoms. The molecule has 0 saturated heterocycles. The number of amides is 1. The fraction of sp³-hybridized carbons (Fsp3) is 0.316. The van der Waals surface area contributed by atoms with Crippen molar-refractivity contribution in [2.24, 2.45) is 0 Å². The highest BCUT2D eigenvalue weighted by atomic mass is 16.7. The lowest BCUT2D eigenvalue weighted by molar-refractivity contribution is -0.885. The molecule has 1 aliphatic heterocycles. The number of quaternary nitrogens is 1. The molecule has 0 spiro atoms. The standard InChI is InChI=1S/C19H22N2O3/c1-13-5-4-6-14(2)19(13)20-18(22)11-21(3)10-15-7-8-16-17(9-15)24-12-23-16/h4-9H,10-12H2,1-3H3,(H,20,22)/p+1. The molecule has 3 rings (SSSR count). The number of ether oxygens (including phenoxy) is 2. The Labute approximate surface area is 142 Å². The summed E-state index contributed by atoms with van der Waals surface area (Å²) in [5, 5.41) is 3.03. The maximum atomic E-state index is 12.3. The number of hydrogen-bond acceptors (Lipinski definition) is 3. The third-order valence-electron chi connectivity index (χ3n) is 4.15. The molecule has 5 nitrogen and oxygen atoms in total. The summed E-state index contributed by atoms with van der Waals surface area (Å²) >= 11 is 0. The molecule has 0 fully saturated rings. The number of nitrogens with one attached hydrogen (secondary N) is 2. The van der Waals surface area contributed by atoms with Gasteiger partial charge in [-0.25, -0.2) is 0 Å². The van der Waals surface area contributed by atoms with Gasteiger partial charge in [0.2, 0.25) is 6.79 Å². The maximum Gasteiger partial charge on any atom is 0.279 e. The second kappa shape index (κ2) is 6.93. The van der Waals surface area contributed by atoms with Crippen LogP contribution in [-0.2, 0) is 11.3 Å². The molecule has 0 aromatic heterocycles. The first-order valence-electron chi connectivity index (χ1n) is 8.09. The predicted molar refractivity (Wildman–Crippen MR) is 92.6 cm³/mol. The summed E-state index contributed by atoms with van der Waals surface area (Å²) in [5.41, 5.74) is 4.20. The first-order chi connectivity index (χ1) is 11.5. The minimum atomic E-state index is 0.0191. The minimum Gasteiger partial charge on any atom is -0.454 e. The van der Waals surface area contributed by atoms with Gasteiger partial charge in [0.15, 0.2) is 18.0 Å². The molecule has 1 unspecified atom stereocenters. The SMILES string of the molecule is Cc1cccc(C)c1NC(=O)C[NH+](C)Cc1ccc2c(c1)OCO2. The smallest absolute Gasteiger partial charge is 0.279 e. The molecule has 126 valence electrons. The number of carbonyl (C=O) groups excluding carboxylic acids is 1. The fourth-order valence-electron chi connectivity index (χ4n) is 2.93. The van der Waals surface area contributed by atoms with Crippen molar-refractivity contribution in [1.29, 1.82) is 0 Å². The summed E-state index contributed by atoms with van der Waals surface area (Å²) in [6.45, 7) is 5.44. The van der Waals surface area contributed by atoms with E-state index >= 15 is 0 Å². The minimum absolute atomic E-state index is 0.0191. The van der Waals surface area contributed by atoms with E-state index in [2.05, 4.69) is 5.32 Å². The van der Waals surface area contributed by atoms with Gasteiger partial charge in [0.25, 0.3) is 5.91 Å². The first-order valence-corrected chi connectivity index (χ1v) is 8.09. The van der Waals surface area contributed by atoms with E-state index in [0.29, 0.717) is 6.54 Å². The van der Waals surface area contributed by atoms with Crippen molar-refractivity contribution in [2.75, 3.05) is 25.7 Å². The van der Waals surface area contributed by atoms with Crippen LogP contribution in [-0.4, -0.2) is 26.3 Å². The highest BCUT2D eigenvalue weighted by molar-refractivity contribution is 5.93. The molecule has 2 aromatic rings. The van der Waals surface area contributed by atoms with Crippen molar-refractivity contribution < 1.29 is 19.2 Å². The van der Waals surface area contributed by atoms with Crippen molar-refractivity contribution in [3.8, 4) is 11.5 Å². The number of para-hydroxylation sites is 1. The average molecular weight is 327 g/mol. The molecule has 2 N–H and O–H groups in total. The van der Waals surface area contributed by atoms with Gasteiger partial charge in [0.1, 0.15) is 6.54 Å². The van der Waals surface area contributed by atoms with Crippen LogP contribution in [0.15, 0.2) is 36.4 Å². The van der Waals surface area contributed by atoms with Crippen molar-refractivity contribution >= 4 is 11.6 Å². The van der Waals surface area contributed by atoms with E-state index in [1.165, 1.54) is 0 Å². The van der Waals surface area contributed by atoms with Gasteiger partial charge < -0.3 is 19.7 Å². The molecule has 0 aliphatic carbocycles. The number of fused-ring (bicyclic) bond motifs is 1. The lowest BCUT2D eigenvalue weighted by Crippen LogP contribution is -3.08. The average Bonchev–Trinajstić information content (AvgIpc) is 2.98. The first kappa shape index (κ1) is 16.3. The van der Waals surface area contributed by atoms with Crippen LogP contribution in [0.25, 0.3) is 0 Å². The van der Waals surface area contributed by atoms with Gasteiger partial charge in [0.05, 0.1) is 7.05 Å². The van der Waals surface area contributed by atoms with E-state index < -0.39 is 0 Å². The normalized spacial score (nSPS) is 13.6. The largest absolute Gasteiger partial charge is 0.454 e. The fourth-order valence-corrected chi connectivity index (χ4v) is 2.93. The predicted octanol–water partition coefficient (Wildman–Crippen LogP) is 1.69. The van der Waals surface area contributed by atoms with Crippen LogP contribution in [0.1, 0.15) is 16.7 Å². The maximum absolute atomic E-state index is 12.3. The highest BCUT2D eigenvalue weighted by Crippen LogP contribution is 2.32. The van der Waals surface area contributed by atoms with Crippen molar-refractivity contribution in [3.05, 3.63) is 53.1 Å². The zero-order valence-corrected chi connectivity index (χ0v) is 14.3. The second-order valence-electron chi connectivity index (χ2n) is 6.31. The van der Waals surface area contributed by atoms with Crippen LogP contribution in [0.3, 0.4) is 0 Å². The molecular weight excluding hydrogens is 304 g/mol. The quantitative estimate of drug-likeness (QED) is 0.879. The number of likely N-dealkylation sites (N-methyl/N-ethyl adjacent to an activating group) is 1. The van der Waals surface area contributed by atoms with Crippen LogP contribution in [0.4, 0.5) is 5.69 Å². The van der Waals surface area contributed by atoms with Gasteiger partial charge in [0, 0.05) is 11.3 Å². The summed E-state index contributed by atoms with van der Waals surface area (Å²) in [5.74, 6) is 1.58. The molecule has 1 amide bonds. The number of benzene rings is 2. The summed E-state index contributed by atoms with van der Waals surface area (Å²) in [4.78, 5) is 13.4. The molecule has 1 aliphatic rings. The van der Waals surface area contributed by atoms with Gasteiger partial charge in [-0.2, -0.15) is 0 Å². The van der Waals surface area contributed by atoms with Gasteiger partial charge in [-0.1, -0.05) is 18.2 Å². The molecule has 24 heavy (non-hydrogen) atoms. The Morgan fingerprint density at radius 1 is 1.12 bits per heavy atom.